The van der Waals surface area contributed by atoms with Crippen LogP contribution in [-0.4, -0.2) is 56.8 Å². The van der Waals surface area contributed by atoms with Crippen molar-refractivity contribution in [2.24, 2.45) is 0 Å². The van der Waals surface area contributed by atoms with E-state index < -0.39 is 10.0 Å². The maximum atomic E-state index is 13.1. The van der Waals surface area contributed by atoms with E-state index in [-0.39, 0.29) is 10.8 Å². The van der Waals surface area contributed by atoms with Crippen molar-refractivity contribution in [1.82, 2.24) is 9.80 Å². The minimum absolute atomic E-state index is 0.0633. The molecule has 1 aliphatic rings. The van der Waals surface area contributed by atoms with Crippen LogP contribution in [0.4, 0.5) is 5.69 Å². The Bertz CT molecular complexity index is 1210. The molecule has 6 nitrogen and oxygen atoms in total. The molecule has 0 unspecified atom stereocenters. The van der Waals surface area contributed by atoms with Gasteiger partial charge in [0.15, 0.2) is 0 Å². The van der Waals surface area contributed by atoms with Gasteiger partial charge in [0.25, 0.3) is 15.9 Å². The number of anilines is 1. The number of carbonyl (C=O) groups excluding carboxylic acids is 1. The Kier molecular flexibility index (Phi) is 7.65. The Morgan fingerprint density at radius 1 is 0.853 bits per heavy atom. The number of hydrogen-bond donors (Lipinski definition) is 1. The fourth-order valence-electron chi connectivity index (χ4n) is 4.28. The van der Waals surface area contributed by atoms with Gasteiger partial charge in [0, 0.05) is 30.9 Å². The zero-order chi connectivity index (χ0) is 24.0. The van der Waals surface area contributed by atoms with Crippen LogP contribution in [0.1, 0.15) is 30.1 Å². The predicted molar refractivity (Wildman–Crippen MR) is 136 cm³/mol. The van der Waals surface area contributed by atoms with E-state index in [1.165, 1.54) is 0 Å². The van der Waals surface area contributed by atoms with Crippen LogP contribution in [0.2, 0.25) is 0 Å². The molecule has 178 valence electrons. The van der Waals surface area contributed by atoms with E-state index in [1.54, 1.807) is 48.5 Å². The van der Waals surface area contributed by atoms with Crippen LogP contribution < -0.4 is 4.72 Å². The van der Waals surface area contributed by atoms with Crippen molar-refractivity contribution in [1.29, 1.82) is 0 Å². The Balaban J connectivity index is 1.46. The van der Waals surface area contributed by atoms with Crippen LogP contribution in [0.15, 0.2) is 83.8 Å². The van der Waals surface area contributed by atoms with Gasteiger partial charge < -0.3 is 9.80 Å². The van der Waals surface area contributed by atoms with Crippen molar-refractivity contribution < 1.29 is 13.2 Å². The highest BCUT2D eigenvalue weighted by molar-refractivity contribution is 7.92. The summed E-state index contributed by atoms with van der Waals surface area (Å²) < 4.78 is 28.5. The highest BCUT2D eigenvalue weighted by atomic mass is 32.2. The molecule has 1 saturated heterocycles. The molecule has 0 aliphatic carbocycles. The van der Waals surface area contributed by atoms with Gasteiger partial charge >= 0.3 is 0 Å². The third-order valence-electron chi connectivity index (χ3n) is 6.05. The molecule has 0 spiro atoms. The zero-order valence-corrected chi connectivity index (χ0v) is 20.3. The molecule has 34 heavy (non-hydrogen) atoms. The summed E-state index contributed by atoms with van der Waals surface area (Å²) in [6, 6.07) is 23.3. The molecule has 3 aromatic rings. The van der Waals surface area contributed by atoms with E-state index in [1.807, 2.05) is 35.2 Å². The number of hydrogen-bond acceptors (Lipinski definition) is 4. The summed E-state index contributed by atoms with van der Waals surface area (Å²) in [5, 5.41) is 0. The van der Waals surface area contributed by atoms with Crippen LogP contribution >= 0.6 is 0 Å². The fraction of sp³-hybridized carbons (Fsp3) is 0.296. The first-order valence-corrected chi connectivity index (χ1v) is 13.2. The standard InChI is InChI=1S/C27H31N3O3S/c1-2-16-29-17-7-18-30(20-19-29)27(31)24-10-6-11-25(21-24)28-34(32,33)26-14-12-23(13-15-26)22-8-4-3-5-9-22/h3-6,8-15,21,28H,2,7,16-20H2,1H3. The van der Waals surface area contributed by atoms with Gasteiger partial charge in [-0.1, -0.05) is 55.5 Å². The van der Waals surface area contributed by atoms with E-state index in [0.717, 1.165) is 43.6 Å². The van der Waals surface area contributed by atoms with Gasteiger partial charge in [-0.15, -0.1) is 0 Å². The largest absolute Gasteiger partial charge is 0.337 e. The molecule has 1 fully saturated rings. The van der Waals surface area contributed by atoms with Gasteiger partial charge in [-0.3, -0.25) is 9.52 Å². The maximum absolute atomic E-state index is 13.1. The summed E-state index contributed by atoms with van der Waals surface area (Å²) in [6.45, 7) is 6.47. The van der Waals surface area contributed by atoms with Gasteiger partial charge in [0.05, 0.1) is 4.90 Å². The second-order valence-corrected chi connectivity index (χ2v) is 10.2. The van der Waals surface area contributed by atoms with Gasteiger partial charge in [-0.05, 0) is 67.4 Å². The normalized spacial score (nSPS) is 15.0. The number of sulfonamides is 1. The summed E-state index contributed by atoms with van der Waals surface area (Å²) >= 11 is 0. The Hall–Kier alpha value is -3.16. The first-order valence-electron chi connectivity index (χ1n) is 11.8. The first-order chi connectivity index (χ1) is 16.5. The molecule has 1 amide bonds. The summed E-state index contributed by atoms with van der Waals surface area (Å²) in [6.07, 6.45) is 2.04. The zero-order valence-electron chi connectivity index (χ0n) is 19.5. The second kappa shape index (κ2) is 10.8. The molecule has 0 atom stereocenters. The molecular weight excluding hydrogens is 446 g/mol. The van der Waals surface area contributed by atoms with Crippen molar-refractivity contribution in [3.05, 3.63) is 84.4 Å². The average molecular weight is 478 g/mol. The van der Waals surface area contributed by atoms with Crippen LogP contribution in [-0.2, 0) is 10.0 Å². The minimum atomic E-state index is -3.78. The van der Waals surface area contributed by atoms with E-state index >= 15 is 0 Å². The van der Waals surface area contributed by atoms with Crippen LogP contribution in [0, 0.1) is 0 Å². The number of rotatable bonds is 7. The van der Waals surface area contributed by atoms with Gasteiger partial charge in [0.2, 0.25) is 0 Å². The SMILES string of the molecule is CCCN1CCCN(C(=O)c2cccc(NS(=O)(=O)c3ccc(-c4ccccc4)cc3)c2)CC1. The molecule has 1 aliphatic heterocycles. The molecule has 0 aromatic heterocycles. The number of nitrogens with zero attached hydrogens (tertiary/aromatic N) is 2. The quantitative estimate of drug-likeness (QED) is 0.535. The van der Waals surface area contributed by atoms with E-state index in [0.29, 0.717) is 24.3 Å². The van der Waals surface area contributed by atoms with Crippen molar-refractivity contribution in [3.63, 3.8) is 0 Å². The van der Waals surface area contributed by atoms with Crippen molar-refractivity contribution in [2.75, 3.05) is 37.4 Å². The molecule has 1 heterocycles. The fourth-order valence-corrected chi connectivity index (χ4v) is 5.33. The van der Waals surface area contributed by atoms with Gasteiger partial charge in [-0.25, -0.2) is 8.42 Å². The van der Waals surface area contributed by atoms with Crippen molar-refractivity contribution in [2.45, 2.75) is 24.7 Å². The predicted octanol–water partition coefficient (Wildman–Crippen LogP) is 4.71. The molecule has 7 heteroatoms. The average Bonchev–Trinajstić information content (AvgIpc) is 3.10. The number of benzene rings is 3. The van der Waals surface area contributed by atoms with Crippen molar-refractivity contribution in [3.8, 4) is 11.1 Å². The number of nitrogens with one attached hydrogen (secondary N) is 1. The molecule has 4 rings (SSSR count). The lowest BCUT2D eigenvalue weighted by atomic mass is 10.1. The second-order valence-electron chi connectivity index (χ2n) is 8.56. The Morgan fingerprint density at radius 3 is 2.32 bits per heavy atom. The monoisotopic (exact) mass is 477 g/mol. The Labute approximate surface area is 202 Å². The summed E-state index contributed by atoms with van der Waals surface area (Å²) in [5.74, 6) is -0.0633. The van der Waals surface area contributed by atoms with Gasteiger partial charge in [0.1, 0.15) is 0 Å². The molecule has 0 bridgehead atoms. The first kappa shape index (κ1) is 24.0. The van der Waals surface area contributed by atoms with Gasteiger partial charge in [-0.2, -0.15) is 0 Å². The summed E-state index contributed by atoms with van der Waals surface area (Å²) in [5.41, 5.74) is 2.84. The molecular formula is C27H31N3O3S. The summed E-state index contributed by atoms with van der Waals surface area (Å²) in [4.78, 5) is 17.5. The summed E-state index contributed by atoms with van der Waals surface area (Å²) in [7, 11) is -3.78. The highest BCUT2D eigenvalue weighted by Crippen LogP contribution is 2.23. The third-order valence-corrected chi connectivity index (χ3v) is 7.45. The number of amides is 1. The van der Waals surface area contributed by atoms with E-state index in [4.69, 9.17) is 0 Å². The third kappa shape index (κ3) is 5.85. The lowest BCUT2D eigenvalue weighted by Crippen LogP contribution is -2.35. The highest BCUT2D eigenvalue weighted by Gasteiger charge is 2.21. The molecule has 0 saturated carbocycles. The lowest BCUT2D eigenvalue weighted by molar-refractivity contribution is 0.0761. The minimum Gasteiger partial charge on any atom is -0.337 e. The van der Waals surface area contributed by atoms with E-state index in [2.05, 4.69) is 16.5 Å². The topological polar surface area (TPSA) is 69.7 Å². The maximum Gasteiger partial charge on any atom is 0.261 e. The van der Waals surface area contributed by atoms with Crippen molar-refractivity contribution >= 4 is 21.6 Å². The Morgan fingerprint density at radius 2 is 1.59 bits per heavy atom. The number of carbonyl (C=O) groups is 1. The van der Waals surface area contributed by atoms with Crippen LogP contribution in [0.5, 0.6) is 0 Å². The lowest BCUT2D eigenvalue weighted by Gasteiger charge is -2.22. The molecule has 1 N–H and O–H groups in total. The van der Waals surface area contributed by atoms with E-state index in [9.17, 15) is 13.2 Å². The van der Waals surface area contributed by atoms with Crippen LogP contribution in [0.25, 0.3) is 11.1 Å². The molecule has 3 aromatic carbocycles. The van der Waals surface area contributed by atoms with Crippen LogP contribution in [0.3, 0.4) is 0 Å². The molecule has 0 radical (unpaired) electrons. The smallest absolute Gasteiger partial charge is 0.261 e.